The van der Waals surface area contributed by atoms with E-state index in [1.165, 1.54) is 0 Å². The maximum atomic E-state index is 8.36. The van der Waals surface area contributed by atoms with Gasteiger partial charge in [0.05, 0.1) is 12.0 Å². The molecule has 0 spiro atoms. The van der Waals surface area contributed by atoms with Crippen LogP contribution in [0.3, 0.4) is 0 Å². The minimum absolute atomic E-state index is 0.250. The van der Waals surface area contributed by atoms with Crippen molar-refractivity contribution in [2.24, 2.45) is 5.92 Å². The van der Waals surface area contributed by atoms with Crippen molar-refractivity contribution in [3.05, 3.63) is 18.6 Å². The van der Waals surface area contributed by atoms with Gasteiger partial charge in [-0.2, -0.15) is 0 Å². The SMILES string of the molecule is CN(CC1CCOC1)c1ncnc2[nH]ccc12.O=CO. The second-order valence-electron chi connectivity index (χ2n) is 4.65. The summed E-state index contributed by atoms with van der Waals surface area (Å²) in [4.78, 5) is 22.2. The highest BCUT2D eigenvalue weighted by Gasteiger charge is 2.19. The molecule has 20 heavy (non-hydrogen) atoms. The minimum Gasteiger partial charge on any atom is -0.483 e. The van der Waals surface area contributed by atoms with E-state index in [-0.39, 0.29) is 6.47 Å². The molecule has 2 aromatic rings. The van der Waals surface area contributed by atoms with E-state index in [0.717, 1.165) is 43.0 Å². The van der Waals surface area contributed by atoms with Crippen LogP contribution in [0.5, 0.6) is 0 Å². The standard InChI is InChI=1S/C12H16N4O.CH2O2/c1-16(6-9-3-5-17-7-9)12-10-2-4-13-11(10)14-8-15-12;2-1-3/h2,4,8-9H,3,5-7H2,1H3,(H,13,14,15);1H,(H,2,3). The summed E-state index contributed by atoms with van der Waals surface area (Å²) >= 11 is 0. The first-order valence-electron chi connectivity index (χ1n) is 6.41. The molecule has 7 nitrogen and oxygen atoms in total. The highest BCUT2D eigenvalue weighted by molar-refractivity contribution is 5.87. The quantitative estimate of drug-likeness (QED) is 0.818. The Kier molecular flexibility index (Phi) is 4.89. The Morgan fingerprint density at radius 2 is 2.40 bits per heavy atom. The second-order valence-corrected chi connectivity index (χ2v) is 4.65. The average molecular weight is 278 g/mol. The molecule has 0 saturated carbocycles. The number of fused-ring (bicyclic) bond motifs is 1. The van der Waals surface area contributed by atoms with E-state index in [1.807, 2.05) is 12.3 Å². The van der Waals surface area contributed by atoms with Crippen molar-refractivity contribution in [2.75, 3.05) is 31.7 Å². The van der Waals surface area contributed by atoms with E-state index in [2.05, 4.69) is 26.9 Å². The van der Waals surface area contributed by atoms with E-state index in [1.54, 1.807) is 6.33 Å². The summed E-state index contributed by atoms with van der Waals surface area (Å²) in [5.74, 6) is 1.60. The highest BCUT2D eigenvalue weighted by Crippen LogP contribution is 2.23. The number of nitrogens with one attached hydrogen (secondary N) is 1. The van der Waals surface area contributed by atoms with Gasteiger partial charge in [0.15, 0.2) is 0 Å². The molecule has 0 amide bonds. The number of carbonyl (C=O) groups is 1. The van der Waals surface area contributed by atoms with Gasteiger partial charge in [0.25, 0.3) is 6.47 Å². The van der Waals surface area contributed by atoms with Crippen LogP contribution in [0.1, 0.15) is 6.42 Å². The summed E-state index contributed by atoms with van der Waals surface area (Å²) in [7, 11) is 2.08. The zero-order valence-corrected chi connectivity index (χ0v) is 11.3. The van der Waals surface area contributed by atoms with Gasteiger partial charge in [-0.1, -0.05) is 0 Å². The van der Waals surface area contributed by atoms with Gasteiger partial charge in [0, 0.05) is 32.3 Å². The lowest BCUT2D eigenvalue weighted by Gasteiger charge is -2.21. The van der Waals surface area contributed by atoms with Gasteiger partial charge in [0.1, 0.15) is 17.8 Å². The molecule has 1 aliphatic rings. The minimum atomic E-state index is -0.250. The van der Waals surface area contributed by atoms with Crippen LogP contribution in [0.4, 0.5) is 5.82 Å². The number of aromatic nitrogens is 3. The van der Waals surface area contributed by atoms with Crippen LogP contribution >= 0.6 is 0 Å². The van der Waals surface area contributed by atoms with E-state index in [0.29, 0.717) is 5.92 Å². The van der Waals surface area contributed by atoms with Gasteiger partial charge in [0.2, 0.25) is 0 Å². The molecule has 1 fully saturated rings. The van der Waals surface area contributed by atoms with Gasteiger partial charge in [-0.15, -0.1) is 0 Å². The Morgan fingerprint density at radius 1 is 1.60 bits per heavy atom. The van der Waals surface area contributed by atoms with E-state index >= 15 is 0 Å². The molecule has 0 aromatic carbocycles. The summed E-state index contributed by atoms with van der Waals surface area (Å²) < 4.78 is 5.40. The number of hydrogen-bond acceptors (Lipinski definition) is 5. The number of anilines is 1. The van der Waals surface area contributed by atoms with Crippen LogP contribution in [0.25, 0.3) is 11.0 Å². The van der Waals surface area contributed by atoms with Gasteiger partial charge >= 0.3 is 0 Å². The van der Waals surface area contributed by atoms with Crippen molar-refractivity contribution in [1.29, 1.82) is 0 Å². The van der Waals surface area contributed by atoms with Crippen molar-refractivity contribution in [3.8, 4) is 0 Å². The third-order valence-electron chi connectivity index (χ3n) is 3.25. The summed E-state index contributed by atoms with van der Waals surface area (Å²) in [5, 5.41) is 7.97. The fraction of sp³-hybridized carbons (Fsp3) is 0.462. The lowest BCUT2D eigenvalue weighted by molar-refractivity contribution is -0.122. The largest absolute Gasteiger partial charge is 0.483 e. The van der Waals surface area contributed by atoms with E-state index < -0.39 is 0 Å². The molecule has 1 unspecified atom stereocenters. The summed E-state index contributed by atoms with van der Waals surface area (Å²) in [6.45, 7) is 2.49. The molecule has 1 atom stereocenters. The van der Waals surface area contributed by atoms with Crippen molar-refractivity contribution in [1.82, 2.24) is 15.0 Å². The number of hydrogen-bond donors (Lipinski definition) is 2. The zero-order valence-electron chi connectivity index (χ0n) is 11.3. The lowest BCUT2D eigenvalue weighted by atomic mass is 10.1. The zero-order chi connectivity index (χ0) is 14.4. The van der Waals surface area contributed by atoms with Crippen LogP contribution in [-0.4, -0.2) is 53.3 Å². The van der Waals surface area contributed by atoms with Gasteiger partial charge < -0.3 is 19.7 Å². The Morgan fingerprint density at radius 3 is 3.10 bits per heavy atom. The molecule has 1 aliphatic heterocycles. The van der Waals surface area contributed by atoms with Crippen LogP contribution in [0.2, 0.25) is 0 Å². The number of ether oxygens (including phenoxy) is 1. The third kappa shape index (κ3) is 3.24. The Labute approximate surface area is 116 Å². The maximum Gasteiger partial charge on any atom is 0.290 e. The molecule has 7 heteroatoms. The summed E-state index contributed by atoms with van der Waals surface area (Å²) in [6, 6.07) is 2.02. The predicted molar refractivity (Wildman–Crippen MR) is 74.8 cm³/mol. The van der Waals surface area contributed by atoms with E-state index in [4.69, 9.17) is 14.6 Å². The van der Waals surface area contributed by atoms with E-state index in [9.17, 15) is 0 Å². The molecule has 3 heterocycles. The molecule has 0 radical (unpaired) electrons. The number of carboxylic acid groups (broad SMARTS) is 1. The Bertz CT molecular complexity index is 551. The maximum absolute atomic E-state index is 8.36. The van der Waals surface area contributed by atoms with Gasteiger partial charge in [-0.3, -0.25) is 4.79 Å². The van der Waals surface area contributed by atoms with Crippen LogP contribution in [0, 0.1) is 5.92 Å². The molecule has 1 saturated heterocycles. The predicted octanol–water partition coefficient (Wildman–Crippen LogP) is 1.13. The first-order chi connectivity index (χ1) is 9.76. The Balaban J connectivity index is 0.000000452. The molecular formula is C13H18N4O3. The number of H-pyrrole nitrogens is 1. The number of nitrogens with zero attached hydrogens (tertiary/aromatic N) is 3. The smallest absolute Gasteiger partial charge is 0.290 e. The van der Waals surface area contributed by atoms with Crippen LogP contribution < -0.4 is 4.90 Å². The normalized spacial score (nSPS) is 17.6. The van der Waals surface area contributed by atoms with Crippen molar-refractivity contribution < 1.29 is 14.6 Å². The molecule has 0 aliphatic carbocycles. The average Bonchev–Trinajstić information content (AvgIpc) is 3.09. The van der Waals surface area contributed by atoms with Crippen molar-refractivity contribution >= 4 is 23.3 Å². The first-order valence-corrected chi connectivity index (χ1v) is 6.41. The van der Waals surface area contributed by atoms with Crippen molar-refractivity contribution in [3.63, 3.8) is 0 Å². The van der Waals surface area contributed by atoms with Crippen LogP contribution in [-0.2, 0) is 9.53 Å². The molecule has 2 aromatic heterocycles. The summed E-state index contributed by atoms with van der Waals surface area (Å²) in [5.41, 5.74) is 0.893. The second kappa shape index (κ2) is 6.85. The van der Waals surface area contributed by atoms with Gasteiger partial charge in [-0.05, 0) is 12.5 Å². The lowest BCUT2D eigenvalue weighted by Crippen LogP contribution is -2.26. The fourth-order valence-corrected chi connectivity index (χ4v) is 2.36. The molecule has 3 rings (SSSR count). The molecule has 2 N–H and O–H groups in total. The van der Waals surface area contributed by atoms with Crippen molar-refractivity contribution in [2.45, 2.75) is 6.42 Å². The highest BCUT2D eigenvalue weighted by atomic mass is 16.5. The number of rotatable bonds is 3. The topological polar surface area (TPSA) is 91.3 Å². The number of aromatic amines is 1. The first kappa shape index (κ1) is 14.3. The molecular weight excluding hydrogens is 260 g/mol. The van der Waals surface area contributed by atoms with Crippen LogP contribution in [0.15, 0.2) is 18.6 Å². The van der Waals surface area contributed by atoms with Gasteiger partial charge in [-0.25, -0.2) is 9.97 Å². The molecule has 0 bridgehead atoms. The monoisotopic (exact) mass is 278 g/mol. The third-order valence-corrected chi connectivity index (χ3v) is 3.25. The summed E-state index contributed by atoms with van der Waals surface area (Å²) in [6.07, 6.45) is 4.65. The fourth-order valence-electron chi connectivity index (χ4n) is 2.36. The Hall–Kier alpha value is -2.15. The molecule has 108 valence electrons.